The predicted molar refractivity (Wildman–Crippen MR) is 132 cm³/mol. The molecular formula is C22H24N6O2S2. The highest BCUT2D eigenvalue weighted by molar-refractivity contribution is 8.26. The van der Waals surface area contributed by atoms with E-state index in [2.05, 4.69) is 15.3 Å². The number of fused-ring (bicyclic) bond motifs is 1. The largest absolute Gasteiger partial charge is 0.369 e. The topological polar surface area (TPSA) is 84.5 Å². The molecule has 0 bridgehead atoms. The Hall–Kier alpha value is -2.98. The minimum Gasteiger partial charge on any atom is -0.369 e. The van der Waals surface area contributed by atoms with Gasteiger partial charge >= 0.3 is 0 Å². The lowest BCUT2D eigenvalue weighted by atomic mass is 10.2. The number of hydrogen-bond acceptors (Lipinski definition) is 7. The lowest BCUT2D eigenvalue weighted by Gasteiger charge is -2.21. The van der Waals surface area contributed by atoms with Crippen molar-refractivity contribution in [3.63, 3.8) is 0 Å². The molecule has 0 aromatic carbocycles. The molecular weight excluding hydrogens is 444 g/mol. The SMILES string of the molecule is CCC(C)N1C(=O)C(=Cc2c(NCCCn3ccnc3)nc3ccccn3c2=O)SC1=S. The summed E-state index contributed by atoms with van der Waals surface area (Å²) < 4.78 is 3.99. The molecule has 0 spiro atoms. The number of rotatable bonds is 8. The van der Waals surface area contributed by atoms with Crippen molar-refractivity contribution in [2.24, 2.45) is 0 Å². The highest BCUT2D eigenvalue weighted by atomic mass is 32.2. The highest BCUT2D eigenvalue weighted by Crippen LogP contribution is 2.34. The molecule has 10 heteroatoms. The van der Waals surface area contributed by atoms with Crippen molar-refractivity contribution in [1.82, 2.24) is 23.8 Å². The van der Waals surface area contributed by atoms with Gasteiger partial charge in [0.05, 0.1) is 16.8 Å². The zero-order chi connectivity index (χ0) is 22.7. The van der Waals surface area contributed by atoms with Crippen LogP contribution in [0.15, 0.2) is 52.8 Å². The van der Waals surface area contributed by atoms with Gasteiger partial charge in [-0.1, -0.05) is 37.0 Å². The van der Waals surface area contributed by atoms with Crippen molar-refractivity contribution in [2.75, 3.05) is 11.9 Å². The molecule has 4 rings (SSSR count). The molecule has 3 aromatic rings. The molecule has 8 nitrogen and oxygen atoms in total. The van der Waals surface area contributed by atoms with E-state index < -0.39 is 0 Å². The second-order valence-electron chi connectivity index (χ2n) is 7.50. The van der Waals surface area contributed by atoms with Gasteiger partial charge in [0.2, 0.25) is 0 Å². The van der Waals surface area contributed by atoms with Crippen molar-refractivity contribution >= 4 is 51.7 Å². The molecule has 1 aliphatic heterocycles. The molecule has 4 heterocycles. The average Bonchev–Trinajstić information content (AvgIpc) is 3.41. The van der Waals surface area contributed by atoms with Crippen LogP contribution >= 0.6 is 24.0 Å². The van der Waals surface area contributed by atoms with Crippen molar-refractivity contribution in [2.45, 2.75) is 39.3 Å². The first-order valence-electron chi connectivity index (χ1n) is 10.5. The maximum Gasteiger partial charge on any atom is 0.267 e. The smallest absolute Gasteiger partial charge is 0.267 e. The number of amides is 1. The lowest BCUT2D eigenvalue weighted by Crippen LogP contribution is -2.36. The van der Waals surface area contributed by atoms with Gasteiger partial charge in [-0.15, -0.1) is 0 Å². The average molecular weight is 469 g/mol. The Morgan fingerprint density at radius 2 is 2.12 bits per heavy atom. The zero-order valence-electron chi connectivity index (χ0n) is 17.9. The fourth-order valence-electron chi connectivity index (χ4n) is 3.43. The number of carbonyl (C=O) groups is 1. The van der Waals surface area contributed by atoms with Crippen LogP contribution in [0.2, 0.25) is 0 Å². The Balaban J connectivity index is 1.66. The van der Waals surface area contributed by atoms with E-state index in [1.165, 1.54) is 16.2 Å². The zero-order valence-corrected chi connectivity index (χ0v) is 19.5. The van der Waals surface area contributed by atoms with E-state index in [-0.39, 0.29) is 17.5 Å². The number of nitrogens with zero attached hydrogens (tertiary/aromatic N) is 5. The summed E-state index contributed by atoms with van der Waals surface area (Å²) in [7, 11) is 0. The predicted octanol–water partition coefficient (Wildman–Crippen LogP) is 3.39. The number of nitrogens with one attached hydrogen (secondary N) is 1. The summed E-state index contributed by atoms with van der Waals surface area (Å²) in [6.07, 6.45) is 10.3. The molecule has 1 saturated heterocycles. The van der Waals surface area contributed by atoms with Crippen LogP contribution in [0.3, 0.4) is 0 Å². The van der Waals surface area contributed by atoms with Gasteiger partial charge in [-0.3, -0.25) is 18.9 Å². The fourth-order valence-corrected chi connectivity index (χ4v) is 4.87. The van der Waals surface area contributed by atoms with Crippen LogP contribution in [-0.2, 0) is 11.3 Å². The van der Waals surface area contributed by atoms with Gasteiger partial charge in [-0.05, 0) is 38.0 Å². The van der Waals surface area contributed by atoms with E-state index in [0.717, 1.165) is 19.4 Å². The molecule has 1 unspecified atom stereocenters. The van der Waals surface area contributed by atoms with Gasteiger partial charge in [0, 0.05) is 37.7 Å². The van der Waals surface area contributed by atoms with E-state index >= 15 is 0 Å². The van der Waals surface area contributed by atoms with E-state index in [1.807, 2.05) is 30.7 Å². The number of aromatic nitrogens is 4. The van der Waals surface area contributed by atoms with Gasteiger partial charge in [0.1, 0.15) is 15.8 Å². The number of anilines is 1. The second-order valence-corrected chi connectivity index (χ2v) is 9.17. The van der Waals surface area contributed by atoms with Gasteiger partial charge in [-0.2, -0.15) is 0 Å². The number of hydrogen-bond donors (Lipinski definition) is 1. The minimum atomic E-state index is -0.235. The normalized spacial score (nSPS) is 16.3. The summed E-state index contributed by atoms with van der Waals surface area (Å²) in [4.78, 5) is 37.0. The maximum atomic E-state index is 13.3. The second kappa shape index (κ2) is 9.66. The molecule has 1 amide bonds. The maximum absolute atomic E-state index is 13.3. The van der Waals surface area contributed by atoms with Crippen LogP contribution in [0.4, 0.5) is 5.82 Å². The van der Waals surface area contributed by atoms with Crippen molar-refractivity contribution in [3.8, 4) is 0 Å². The summed E-state index contributed by atoms with van der Waals surface area (Å²) in [6.45, 7) is 5.39. The number of pyridine rings is 1. The van der Waals surface area contributed by atoms with E-state index in [0.29, 0.717) is 32.8 Å². The summed E-state index contributed by atoms with van der Waals surface area (Å²) >= 11 is 6.65. The van der Waals surface area contributed by atoms with Crippen LogP contribution < -0.4 is 10.9 Å². The molecule has 0 radical (unpaired) electrons. The molecule has 1 fully saturated rings. The molecule has 1 N–H and O–H groups in total. The minimum absolute atomic E-state index is 0.00463. The molecule has 1 aliphatic rings. The van der Waals surface area contributed by atoms with Gasteiger partial charge in [-0.25, -0.2) is 9.97 Å². The Labute approximate surface area is 195 Å². The molecule has 0 aliphatic carbocycles. The van der Waals surface area contributed by atoms with Crippen molar-refractivity contribution in [3.05, 3.63) is 63.9 Å². The highest BCUT2D eigenvalue weighted by Gasteiger charge is 2.35. The van der Waals surface area contributed by atoms with E-state index in [9.17, 15) is 9.59 Å². The van der Waals surface area contributed by atoms with Crippen LogP contribution in [0.25, 0.3) is 11.7 Å². The van der Waals surface area contributed by atoms with Crippen LogP contribution in [0.1, 0.15) is 32.3 Å². The Bertz CT molecular complexity index is 1230. The Morgan fingerprint density at radius 1 is 1.28 bits per heavy atom. The summed E-state index contributed by atoms with van der Waals surface area (Å²) in [6, 6.07) is 5.40. The van der Waals surface area contributed by atoms with Gasteiger partial charge in [0.25, 0.3) is 11.5 Å². The first-order valence-corrected chi connectivity index (χ1v) is 11.7. The van der Waals surface area contributed by atoms with E-state index in [1.54, 1.807) is 41.8 Å². The van der Waals surface area contributed by atoms with Crippen molar-refractivity contribution < 1.29 is 4.79 Å². The van der Waals surface area contributed by atoms with Crippen molar-refractivity contribution in [1.29, 1.82) is 0 Å². The monoisotopic (exact) mass is 468 g/mol. The first kappa shape index (κ1) is 22.2. The summed E-state index contributed by atoms with van der Waals surface area (Å²) in [5.74, 6) is 0.290. The van der Waals surface area contributed by atoms with Crippen LogP contribution in [-0.4, -0.2) is 46.6 Å². The van der Waals surface area contributed by atoms with E-state index in [4.69, 9.17) is 12.2 Å². The lowest BCUT2D eigenvalue weighted by molar-refractivity contribution is -0.123. The number of imidazole rings is 1. The molecule has 166 valence electrons. The standard InChI is InChI=1S/C22H24N6O2S2/c1-3-15(2)28-21(30)17(32-22(28)31)13-16-19(24-8-6-10-26-12-9-23-14-26)25-18-7-4-5-11-27(18)20(16)29/h4-5,7,9,11-15,24H,3,6,8,10H2,1-2H3. The summed E-state index contributed by atoms with van der Waals surface area (Å²) in [5.41, 5.74) is 0.654. The number of thioether (sulfide) groups is 1. The molecule has 32 heavy (non-hydrogen) atoms. The summed E-state index contributed by atoms with van der Waals surface area (Å²) in [5, 5.41) is 3.28. The quantitative estimate of drug-likeness (QED) is 0.308. The third-order valence-corrected chi connectivity index (χ3v) is 6.67. The fraction of sp³-hybridized carbons (Fsp3) is 0.318. The number of carbonyl (C=O) groups excluding carboxylic acids is 1. The first-order chi connectivity index (χ1) is 15.5. The number of aryl methyl sites for hydroxylation is 1. The van der Waals surface area contributed by atoms with Crippen LogP contribution in [0, 0.1) is 0 Å². The van der Waals surface area contributed by atoms with Gasteiger partial charge in [0.15, 0.2) is 0 Å². The van der Waals surface area contributed by atoms with Crippen LogP contribution in [0.5, 0.6) is 0 Å². The number of thiocarbonyl (C=S) groups is 1. The third-order valence-electron chi connectivity index (χ3n) is 5.34. The Morgan fingerprint density at radius 3 is 2.88 bits per heavy atom. The van der Waals surface area contributed by atoms with Gasteiger partial charge < -0.3 is 9.88 Å². The molecule has 1 atom stereocenters. The molecule has 3 aromatic heterocycles. The Kier molecular flexibility index (Phi) is 6.71. The molecule has 0 saturated carbocycles. The third kappa shape index (κ3) is 4.46.